The third-order valence-electron chi connectivity index (χ3n) is 4.78. The van der Waals surface area contributed by atoms with E-state index in [0.29, 0.717) is 11.8 Å². The number of rotatable bonds is 7. The second-order valence-electron chi connectivity index (χ2n) is 6.43. The van der Waals surface area contributed by atoms with E-state index in [1.54, 1.807) is 11.3 Å². The number of amides is 1. The first-order valence-electron chi connectivity index (χ1n) is 9.06. The minimum absolute atomic E-state index is 0.102. The summed E-state index contributed by atoms with van der Waals surface area (Å²) in [6.45, 7) is 7.23. The molecule has 3 rings (SSSR count). The molecule has 0 spiro atoms. The maximum absolute atomic E-state index is 12.2. The van der Waals surface area contributed by atoms with Crippen LogP contribution in [0.1, 0.15) is 50.0 Å². The summed E-state index contributed by atoms with van der Waals surface area (Å²) in [6.07, 6.45) is 5.68. The molecule has 1 aliphatic rings. The summed E-state index contributed by atoms with van der Waals surface area (Å²) in [5.41, 5.74) is 2.53. The van der Waals surface area contributed by atoms with Crippen LogP contribution < -0.4 is 5.32 Å². The van der Waals surface area contributed by atoms with Crippen LogP contribution in [-0.4, -0.2) is 32.5 Å². The molecule has 7 heteroatoms. The lowest BCUT2D eigenvalue weighted by Crippen LogP contribution is -2.33. The van der Waals surface area contributed by atoms with E-state index in [9.17, 15) is 4.79 Å². The Morgan fingerprint density at radius 1 is 1.36 bits per heavy atom. The quantitative estimate of drug-likeness (QED) is 0.739. The average molecular weight is 379 g/mol. The number of nitrogens with zero attached hydrogens (tertiary/aromatic N) is 3. The molecule has 0 unspecified atom stereocenters. The van der Waals surface area contributed by atoms with Crippen molar-refractivity contribution in [2.75, 3.05) is 5.75 Å². The molecule has 1 amide bonds. The Bertz CT molecular complexity index is 732. The molecule has 0 aromatic carbocycles. The number of aryl methyl sites for hydroxylation is 1. The monoisotopic (exact) mass is 378 g/mol. The normalized spacial score (nSPS) is 15.0. The lowest BCUT2D eigenvalue weighted by molar-refractivity contribution is -0.119. The van der Waals surface area contributed by atoms with Crippen molar-refractivity contribution in [3.05, 3.63) is 15.8 Å². The van der Waals surface area contributed by atoms with Gasteiger partial charge in [-0.25, -0.2) is 0 Å². The fourth-order valence-electron chi connectivity index (χ4n) is 3.46. The lowest BCUT2D eigenvalue weighted by Gasteiger charge is -2.12. The maximum atomic E-state index is 12.2. The number of carbonyl (C=O) groups is 1. The predicted molar refractivity (Wildman–Crippen MR) is 104 cm³/mol. The first-order chi connectivity index (χ1) is 12.1. The highest BCUT2D eigenvalue weighted by atomic mass is 32.2. The summed E-state index contributed by atoms with van der Waals surface area (Å²) in [4.78, 5) is 13.5. The summed E-state index contributed by atoms with van der Waals surface area (Å²) in [6, 6.07) is 0.369. The van der Waals surface area contributed by atoms with Crippen LogP contribution in [0.2, 0.25) is 0 Å². The van der Waals surface area contributed by atoms with E-state index in [-0.39, 0.29) is 5.91 Å². The van der Waals surface area contributed by atoms with Gasteiger partial charge >= 0.3 is 0 Å². The van der Waals surface area contributed by atoms with Gasteiger partial charge in [0, 0.05) is 28.4 Å². The summed E-state index contributed by atoms with van der Waals surface area (Å²) in [5.74, 6) is 1.42. The van der Waals surface area contributed by atoms with Gasteiger partial charge in [0.1, 0.15) is 0 Å². The van der Waals surface area contributed by atoms with E-state index in [1.807, 2.05) is 0 Å². The van der Waals surface area contributed by atoms with E-state index in [1.165, 1.54) is 40.6 Å². The van der Waals surface area contributed by atoms with Gasteiger partial charge in [-0.3, -0.25) is 4.79 Å². The number of aromatic nitrogens is 3. The zero-order chi connectivity index (χ0) is 17.8. The number of carbonyl (C=O) groups excluding carboxylic acids is 1. The Hall–Kier alpha value is -1.34. The second-order valence-corrected chi connectivity index (χ2v) is 8.45. The van der Waals surface area contributed by atoms with Gasteiger partial charge in [0.2, 0.25) is 5.91 Å². The van der Waals surface area contributed by atoms with E-state index in [0.717, 1.165) is 36.8 Å². The summed E-state index contributed by atoms with van der Waals surface area (Å²) in [7, 11) is 0. The third-order valence-corrected chi connectivity index (χ3v) is 6.70. The smallest absolute Gasteiger partial charge is 0.230 e. The summed E-state index contributed by atoms with van der Waals surface area (Å²) in [5, 5.41) is 14.9. The van der Waals surface area contributed by atoms with Crippen LogP contribution in [0, 0.1) is 6.92 Å². The molecule has 2 aromatic heterocycles. The SMILES string of the molecule is CCc1c(-c2nnc(SCC(=O)NC3CCCC3)n2CC)csc1C. The molecule has 0 atom stereocenters. The van der Waals surface area contributed by atoms with E-state index >= 15 is 0 Å². The summed E-state index contributed by atoms with van der Waals surface area (Å²) >= 11 is 3.24. The number of hydrogen-bond acceptors (Lipinski definition) is 5. The van der Waals surface area contributed by atoms with Gasteiger partial charge in [-0.15, -0.1) is 21.5 Å². The highest BCUT2D eigenvalue weighted by Gasteiger charge is 2.20. The zero-order valence-electron chi connectivity index (χ0n) is 15.2. The van der Waals surface area contributed by atoms with Crippen LogP contribution in [0.3, 0.4) is 0 Å². The molecular formula is C18H26N4OS2. The Kier molecular flexibility index (Phi) is 6.17. The van der Waals surface area contributed by atoms with Crippen LogP contribution in [0.4, 0.5) is 0 Å². The van der Waals surface area contributed by atoms with Crippen LogP contribution in [-0.2, 0) is 17.8 Å². The molecule has 0 radical (unpaired) electrons. The molecular weight excluding hydrogens is 352 g/mol. The van der Waals surface area contributed by atoms with Crippen molar-refractivity contribution in [2.45, 2.75) is 70.6 Å². The van der Waals surface area contributed by atoms with Crippen molar-refractivity contribution in [3.8, 4) is 11.4 Å². The van der Waals surface area contributed by atoms with Gasteiger partial charge in [0.05, 0.1) is 5.75 Å². The van der Waals surface area contributed by atoms with Gasteiger partial charge in [0.15, 0.2) is 11.0 Å². The van der Waals surface area contributed by atoms with Gasteiger partial charge in [-0.1, -0.05) is 31.5 Å². The molecule has 2 heterocycles. The average Bonchev–Trinajstić information content (AvgIpc) is 3.32. The molecule has 1 saturated carbocycles. The van der Waals surface area contributed by atoms with Gasteiger partial charge in [-0.05, 0) is 38.7 Å². The van der Waals surface area contributed by atoms with Gasteiger partial charge in [-0.2, -0.15) is 0 Å². The van der Waals surface area contributed by atoms with Crippen LogP contribution in [0.25, 0.3) is 11.4 Å². The number of hydrogen-bond donors (Lipinski definition) is 1. The Morgan fingerprint density at radius 3 is 2.80 bits per heavy atom. The fraction of sp³-hybridized carbons (Fsp3) is 0.611. The maximum Gasteiger partial charge on any atom is 0.230 e. The largest absolute Gasteiger partial charge is 0.353 e. The van der Waals surface area contributed by atoms with Gasteiger partial charge in [0.25, 0.3) is 0 Å². The van der Waals surface area contributed by atoms with Crippen molar-refractivity contribution in [3.63, 3.8) is 0 Å². The molecule has 0 saturated heterocycles. The fourth-order valence-corrected chi connectivity index (χ4v) is 5.21. The molecule has 0 aliphatic heterocycles. The van der Waals surface area contributed by atoms with Crippen molar-refractivity contribution in [2.24, 2.45) is 0 Å². The molecule has 25 heavy (non-hydrogen) atoms. The summed E-state index contributed by atoms with van der Waals surface area (Å²) < 4.78 is 2.12. The van der Waals surface area contributed by atoms with Crippen molar-refractivity contribution in [1.82, 2.24) is 20.1 Å². The highest BCUT2D eigenvalue weighted by molar-refractivity contribution is 7.99. The first kappa shape index (κ1) is 18.5. The predicted octanol–water partition coefficient (Wildman–Crippen LogP) is 4.05. The number of thiophene rings is 1. The lowest BCUT2D eigenvalue weighted by atomic mass is 10.1. The van der Waals surface area contributed by atoms with Crippen molar-refractivity contribution >= 4 is 29.0 Å². The van der Waals surface area contributed by atoms with Crippen LogP contribution >= 0.6 is 23.1 Å². The molecule has 1 fully saturated rings. The first-order valence-corrected chi connectivity index (χ1v) is 10.9. The third kappa shape index (κ3) is 4.08. The van der Waals surface area contributed by atoms with Crippen LogP contribution in [0.15, 0.2) is 10.5 Å². The Morgan fingerprint density at radius 2 is 2.12 bits per heavy atom. The van der Waals surface area contributed by atoms with E-state index < -0.39 is 0 Å². The molecule has 136 valence electrons. The molecule has 1 aliphatic carbocycles. The zero-order valence-corrected chi connectivity index (χ0v) is 16.8. The van der Waals surface area contributed by atoms with E-state index in [2.05, 4.69) is 46.2 Å². The van der Waals surface area contributed by atoms with Crippen molar-refractivity contribution in [1.29, 1.82) is 0 Å². The van der Waals surface area contributed by atoms with E-state index in [4.69, 9.17) is 0 Å². The van der Waals surface area contributed by atoms with Gasteiger partial charge < -0.3 is 9.88 Å². The molecule has 0 bridgehead atoms. The van der Waals surface area contributed by atoms with Crippen LogP contribution in [0.5, 0.6) is 0 Å². The molecule has 2 aromatic rings. The van der Waals surface area contributed by atoms with Crippen molar-refractivity contribution < 1.29 is 4.79 Å². The minimum Gasteiger partial charge on any atom is -0.353 e. The second kappa shape index (κ2) is 8.36. The number of thioether (sulfide) groups is 1. The molecule has 5 nitrogen and oxygen atoms in total. The standard InChI is InChI=1S/C18H26N4OS2/c1-4-14-12(3)24-10-15(14)17-20-21-18(22(17)5-2)25-11-16(23)19-13-8-6-7-9-13/h10,13H,4-9,11H2,1-3H3,(H,19,23). The Labute approximate surface area is 157 Å². The highest BCUT2D eigenvalue weighted by Crippen LogP contribution is 2.32. The minimum atomic E-state index is 0.102. The Balaban J connectivity index is 1.70. The topological polar surface area (TPSA) is 59.8 Å². The molecule has 1 N–H and O–H groups in total. The number of nitrogens with one attached hydrogen (secondary N) is 1.